The van der Waals surface area contributed by atoms with E-state index in [1.54, 1.807) is 25.3 Å². The van der Waals surface area contributed by atoms with E-state index in [-0.39, 0.29) is 22.6 Å². The number of carboxylic acids is 1. The van der Waals surface area contributed by atoms with Gasteiger partial charge in [-0.15, -0.1) is 0 Å². The molecular weight excluding hydrogens is 483 g/mol. The molecule has 1 fully saturated rings. The number of pyridine rings is 1. The van der Waals surface area contributed by atoms with Gasteiger partial charge in [-0.05, 0) is 55.0 Å². The van der Waals surface area contributed by atoms with Gasteiger partial charge in [-0.3, -0.25) is 5.10 Å². The molecule has 0 unspecified atom stereocenters. The summed E-state index contributed by atoms with van der Waals surface area (Å²) in [4.78, 5) is 21.3. The number of aryl methyl sites for hydroxylation is 1. The second-order valence-electron chi connectivity index (χ2n) is 8.72. The first-order valence-corrected chi connectivity index (χ1v) is 12.3. The lowest BCUT2D eigenvalue weighted by molar-refractivity contribution is 0.0690. The van der Waals surface area contributed by atoms with Gasteiger partial charge in [0.15, 0.2) is 5.69 Å². The Bertz CT molecular complexity index is 1610. The van der Waals surface area contributed by atoms with E-state index in [0.717, 1.165) is 57.3 Å². The minimum atomic E-state index is -1.11. The van der Waals surface area contributed by atoms with Gasteiger partial charge >= 0.3 is 5.97 Å². The van der Waals surface area contributed by atoms with Crippen molar-refractivity contribution < 1.29 is 23.8 Å². The van der Waals surface area contributed by atoms with Crippen LogP contribution in [-0.2, 0) is 4.74 Å². The fraction of sp³-hybridized carbons (Fsp3) is 0.231. The average Bonchev–Trinajstić information content (AvgIpc) is 3.49. The maximum absolute atomic E-state index is 13.8. The first-order chi connectivity index (χ1) is 17.5. The molecule has 8 nitrogen and oxygen atoms in total. The normalized spacial score (nSPS) is 14.5. The van der Waals surface area contributed by atoms with Crippen LogP contribution in [0, 0.1) is 12.7 Å². The lowest BCUT2D eigenvalue weighted by Crippen LogP contribution is -2.16. The number of halogens is 1. The van der Waals surface area contributed by atoms with Gasteiger partial charge < -0.3 is 14.6 Å². The van der Waals surface area contributed by atoms with Gasteiger partial charge in [0.2, 0.25) is 5.88 Å². The molecule has 4 heterocycles. The Balaban J connectivity index is 1.62. The van der Waals surface area contributed by atoms with Crippen molar-refractivity contribution in [2.75, 3.05) is 13.2 Å². The predicted molar refractivity (Wildman–Crippen MR) is 133 cm³/mol. The number of hydrogen-bond acceptors (Lipinski definition) is 7. The number of aromatic carboxylic acids is 1. The summed E-state index contributed by atoms with van der Waals surface area (Å²) in [5.41, 5.74) is 3.36. The highest BCUT2D eigenvalue weighted by Crippen LogP contribution is 2.44. The summed E-state index contributed by atoms with van der Waals surface area (Å²) in [5.74, 6) is -0.975. The number of ether oxygens (including phenoxy) is 2. The fourth-order valence-electron chi connectivity index (χ4n) is 4.70. The van der Waals surface area contributed by atoms with E-state index in [1.807, 2.05) is 12.1 Å². The summed E-state index contributed by atoms with van der Waals surface area (Å²) in [6.07, 6.45) is 3.33. The number of rotatable bonds is 5. The van der Waals surface area contributed by atoms with E-state index in [4.69, 9.17) is 14.5 Å². The second-order valence-corrected chi connectivity index (χ2v) is 9.88. The Kier molecular flexibility index (Phi) is 5.62. The Morgan fingerprint density at radius 1 is 1.17 bits per heavy atom. The summed E-state index contributed by atoms with van der Waals surface area (Å²) in [7, 11) is 0. The molecule has 182 valence electrons. The monoisotopic (exact) mass is 504 g/mol. The molecule has 0 saturated carbocycles. The van der Waals surface area contributed by atoms with E-state index in [9.17, 15) is 14.3 Å². The highest BCUT2D eigenvalue weighted by Gasteiger charge is 2.26. The number of thiazole rings is 1. The van der Waals surface area contributed by atoms with Crippen LogP contribution in [0.3, 0.4) is 0 Å². The lowest BCUT2D eigenvalue weighted by atomic mass is 9.87. The molecule has 0 aliphatic carbocycles. The zero-order chi connectivity index (χ0) is 24.8. The maximum atomic E-state index is 13.8. The summed E-state index contributed by atoms with van der Waals surface area (Å²) >= 11 is 1.16. The standard InChI is InChI=1S/C26H21FN4O4S/c1-13-22(25(32)33)30-26(36-13)35-24-19-11-20-16(12-28-31-20)10-18(19)21(14-2-4-17(27)5-3-14)23(29-24)15-6-8-34-9-7-15/h2-5,10-12,15H,6-9H2,1H3,(H,28,31)(H,32,33). The van der Waals surface area contributed by atoms with E-state index >= 15 is 0 Å². The molecule has 6 rings (SSSR count). The molecular formula is C26H21FN4O4S. The van der Waals surface area contributed by atoms with Gasteiger partial charge in [0.05, 0.1) is 17.4 Å². The smallest absolute Gasteiger partial charge is 0.355 e. The van der Waals surface area contributed by atoms with Crippen molar-refractivity contribution >= 4 is 39.0 Å². The molecule has 36 heavy (non-hydrogen) atoms. The summed E-state index contributed by atoms with van der Waals surface area (Å²) in [6, 6.07) is 10.4. The van der Waals surface area contributed by atoms with Gasteiger partial charge in [-0.2, -0.15) is 10.1 Å². The van der Waals surface area contributed by atoms with Crippen LogP contribution in [0.15, 0.2) is 42.6 Å². The Labute approximate surface area is 208 Å². The predicted octanol–water partition coefficient (Wildman–Crippen LogP) is 6.07. The average molecular weight is 505 g/mol. The molecule has 10 heteroatoms. The SMILES string of the molecule is Cc1sc(Oc2nc(C3CCOCC3)c(-c3ccc(F)cc3)c3cc4cn[nH]c4cc23)nc1C(=O)O. The molecule has 3 aromatic heterocycles. The van der Waals surface area contributed by atoms with Gasteiger partial charge in [-0.25, -0.2) is 14.2 Å². The molecule has 0 radical (unpaired) electrons. The fourth-order valence-corrected chi connectivity index (χ4v) is 5.45. The Morgan fingerprint density at radius 3 is 2.67 bits per heavy atom. The zero-order valence-electron chi connectivity index (χ0n) is 19.2. The van der Waals surface area contributed by atoms with Crippen molar-refractivity contribution in [2.24, 2.45) is 0 Å². The minimum Gasteiger partial charge on any atom is -0.476 e. The zero-order valence-corrected chi connectivity index (χ0v) is 20.1. The van der Waals surface area contributed by atoms with Crippen molar-refractivity contribution in [3.8, 4) is 22.2 Å². The maximum Gasteiger partial charge on any atom is 0.355 e. The van der Waals surface area contributed by atoms with Crippen LogP contribution in [0.2, 0.25) is 0 Å². The molecule has 1 aliphatic heterocycles. The van der Waals surface area contributed by atoms with E-state index in [1.165, 1.54) is 12.1 Å². The number of nitrogens with zero attached hydrogens (tertiary/aromatic N) is 3. The summed E-state index contributed by atoms with van der Waals surface area (Å²) < 4.78 is 25.6. The quantitative estimate of drug-likeness (QED) is 0.299. The largest absolute Gasteiger partial charge is 0.476 e. The number of aromatic amines is 1. The van der Waals surface area contributed by atoms with Crippen LogP contribution in [0.5, 0.6) is 11.1 Å². The summed E-state index contributed by atoms with van der Waals surface area (Å²) in [6.45, 7) is 2.94. The topological polar surface area (TPSA) is 110 Å². The molecule has 0 amide bonds. The first-order valence-electron chi connectivity index (χ1n) is 11.5. The third-order valence-electron chi connectivity index (χ3n) is 6.46. The van der Waals surface area contributed by atoms with Crippen LogP contribution in [0.1, 0.15) is 39.8 Å². The van der Waals surface area contributed by atoms with Crippen molar-refractivity contribution in [2.45, 2.75) is 25.7 Å². The first kappa shape index (κ1) is 22.6. The van der Waals surface area contributed by atoms with E-state index in [0.29, 0.717) is 29.4 Å². The third kappa shape index (κ3) is 3.98. The number of fused-ring (bicyclic) bond motifs is 2. The number of benzene rings is 2. The number of hydrogen-bond donors (Lipinski definition) is 2. The van der Waals surface area contributed by atoms with Crippen molar-refractivity contribution in [1.29, 1.82) is 0 Å². The molecule has 2 aromatic carbocycles. The van der Waals surface area contributed by atoms with Crippen LogP contribution in [0.4, 0.5) is 4.39 Å². The number of H-pyrrole nitrogens is 1. The number of nitrogens with one attached hydrogen (secondary N) is 1. The van der Waals surface area contributed by atoms with Crippen molar-refractivity contribution in [3.05, 3.63) is 64.7 Å². The van der Waals surface area contributed by atoms with Crippen molar-refractivity contribution in [1.82, 2.24) is 20.2 Å². The van der Waals surface area contributed by atoms with Crippen LogP contribution < -0.4 is 4.74 Å². The Hall–Kier alpha value is -3.89. The molecule has 0 spiro atoms. The van der Waals surface area contributed by atoms with Gasteiger partial charge in [0.1, 0.15) is 5.82 Å². The Morgan fingerprint density at radius 2 is 1.94 bits per heavy atom. The summed E-state index contributed by atoms with van der Waals surface area (Å²) in [5, 5.41) is 19.3. The van der Waals surface area contributed by atoms with Crippen LogP contribution in [0.25, 0.3) is 32.8 Å². The van der Waals surface area contributed by atoms with Gasteiger partial charge in [-0.1, -0.05) is 23.5 Å². The molecule has 0 atom stereocenters. The highest BCUT2D eigenvalue weighted by molar-refractivity contribution is 7.13. The van der Waals surface area contributed by atoms with E-state index < -0.39 is 5.97 Å². The molecule has 2 N–H and O–H groups in total. The van der Waals surface area contributed by atoms with Gasteiger partial charge in [0.25, 0.3) is 5.19 Å². The molecule has 5 aromatic rings. The lowest BCUT2D eigenvalue weighted by Gasteiger charge is -2.25. The second kappa shape index (κ2) is 8.96. The van der Waals surface area contributed by atoms with Crippen LogP contribution >= 0.6 is 11.3 Å². The minimum absolute atomic E-state index is 0.0390. The third-order valence-corrected chi connectivity index (χ3v) is 7.31. The van der Waals surface area contributed by atoms with E-state index in [2.05, 4.69) is 15.2 Å². The van der Waals surface area contributed by atoms with Gasteiger partial charge in [0, 0.05) is 40.3 Å². The highest BCUT2D eigenvalue weighted by atomic mass is 32.1. The molecule has 1 saturated heterocycles. The number of aromatic nitrogens is 4. The molecule has 0 bridgehead atoms. The number of carboxylic acid groups (broad SMARTS) is 1. The van der Waals surface area contributed by atoms with Crippen molar-refractivity contribution in [3.63, 3.8) is 0 Å². The van der Waals surface area contributed by atoms with Crippen LogP contribution in [-0.4, -0.2) is 44.5 Å². The molecule has 1 aliphatic rings. The number of carbonyl (C=O) groups is 1.